The SMILES string of the molecule is NCCCOc1c2cccc1Cc1cccc(c1OCCCN)Cc1cccc(c1OCCCN)Cc1cccc(c1OCCCN)Cc1cccc(c1OCCCN)Cc1cccc(c1OCCCN)C2. The Labute approximate surface area is 427 Å². The predicted octanol–water partition coefficient (Wildman–Crippen LogP) is 7.91. The Morgan fingerprint density at radius 1 is 0.222 bits per heavy atom. The molecule has 12 nitrogen and oxygen atoms in total. The molecule has 7 rings (SSSR count). The third-order valence-electron chi connectivity index (χ3n) is 12.9. The quantitative estimate of drug-likeness (QED) is 0.0319. The van der Waals surface area contributed by atoms with Crippen molar-refractivity contribution in [2.24, 2.45) is 34.4 Å². The summed E-state index contributed by atoms with van der Waals surface area (Å²) < 4.78 is 40.6. The Morgan fingerprint density at radius 3 is 0.458 bits per heavy atom. The number of fused-ring (bicyclic) bond motifs is 12. The molecule has 0 amide bonds. The average Bonchev–Trinajstić information content (AvgIpc) is 3.38. The van der Waals surface area contributed by atoms with Gasteiger partial charge in [0, 0.05) is 38.5 Å². The zero-order valence-corrected chi connectivity index (χ0v) is 42.3. The fourth-order valence-corrected chi connectivity index (χ4v) is 9.39. The number of hydrogen-bond acceptors (Lipinski definition) is 12. The molecule has 0 saturated carbocycles. The molecule has 12 N–H and O–H groups in total. The lowest BCUT2D eigenvalue weighted by Crippen LogP contribution is -2.12. The van der Waals surface area contributed by atoms with Crippen LogP contribution in [0.3, 0.4) is 0 Å². The van der Waals surface area contributed by atoms with E-state index in [1.165, 1.54) is 0 Å². The van der Waals surface area contributed by atoms with Gasteiger partial charge >= 0.3 is 0 Å². The van der Waals surface area contributed by atoms with Crippen molar-refractivity contribution in [2.45, 2.75) is 77.0 Å². The molecule has 72 heavy (non-hydrogen) atoms. The van der Waals surface area contributed by atoms with Gasteiger partial charge in [0.15, 0.2) is 0 Å². The lowest BCUT2D eigenvalue weighted by atomic mass is 9.91. The van der Waals surface area contributed by atoms with Gasteiger partial charge in [-0.15, -0.1) is 0 Å². The zero-order chi connectivity index (χ0) is 50.3. The van der Waals surface area contributed by atoms with E-state index in [9.17, 15) is 0 Å². The van der Waals surface area contributed by atoms with Gasteiger partial charge < -0.3 is 62.8 Å². The van der Waals surface area contributed by atoms with E-state index in [0.29, 0.717) is 117 Å². The van der Waals surface area contributed by atoms with Crippen molar-refractivity contribution in [3.05, 3.63) is 176 Å². The van der Waals surface area contributed by atoms with Gasteiger partial charge in [0.25, 0.3) is 0 Å². The topological polar surface area (TPSA) is 212 Å². The minimum atomic E-state index is 0.484. The highest BCUT2D eigenvalue weighted by molar-refractivity contribution is 5.57. The first-order valence-corrected chi connectivity index (χ1v) is 26.1. The lowest BCUT2D eigenvalue weighted by Gasteiger charge is -2.23. The highest BCUT2D eigenvalue weighted by atomic mass is 16.5. The Kier molecular flexibility index (Phi) is 21.5. The summed E-state index contributed by atoms with van der Waals surface area (Å²) in [4.78, 5) is 0. The fourth-order valence-electron chi connectivity index (χ4n) is 9.39. The number of rotatable bonds is 24. The molecule has 6 aromatic carbocycles. The molecule has 0 atom stereocenters. The van der Waals surface area contributed by atoms with Gasteiger partial charge in [0.2, 0.25) is 0 Å². The van der Waals surface area contributed by atoms with Crippen LogP contribution in [-0.2, 0) is 38.5 Å². The fraction of sp³-hybridized carbons (Fsp3) is 0.400. The highest BCUT2D eigenvalue weighted by Crippen LogP contribution is 2.40. The van der Waals surface area contributed by atoms with Crippen molar-refractivity contribution < 1.29 is 28.4 Å². The van der Waals surface area contributed by atoms with Crippen LogP contribution in [0.4, 0.5) is 0 Å². The molecule has 0 spiro atoms. The van der Waals surface area contributed by atoms with Crippen LogP contribution < -0.4 is 62.8 Å². The van der Waals surface area contributed by atoms with Crippen LogP contribution >= 0.6 is 0 Å². The van der Waals surface area contributed by atoms with Crippen LogP contribution in [0.2, 0.25) is 0 Å². The molecule has 0 aromatic heterocycles. The minimum Gasteiger partial charge on any atom is -0.493 e. The number of benzene rings is 6. The third-order valence-corrected chi connectivity index (χ3v) is 12.9. The smallest absolute Gasteiger partial charge is 0.126 e. The molecule has 0 heterocycles. The van der Waals surface area contributed by atoms with E-state index < -0.39 is 0 Å². The number of para-hydroxylation sites is 6. The largest absolute Gasteiger partial charge is 0.493 e. The molecule has 6 aromatic rings. The van der Waals surface area contributed by atoms with Crippen LogP contribution in [-0.4, -0.2) is 78.9 Å². The van der Waals surface area contributed by atoms with Crippen LogP contribution in [0, 0.1) is 0 Å². The Bertz CT molecular complexity index is 2040. The van der Waals surface area contributed by atoms with Crippen LogP contribution in [0.25, 0.3) is 0 Å². The van der Waals surface area contributed by atoms with Crippen LogP contribution in [0.5, 0.6) is 34.5 Å². The molecule has 12 heteroatoms. The number of nitrogens with two attached hydrogens (primary N) is 6. The van der Waals surface area contributed by atoms with E-state index in [1.54, 1.807) is 0 Å². The number of ether oxygens (including phenoxy) is 6. The average molecular weight is 979 g/mol. The second kappa shape index (κ2) is 28.8. The highest BCUT2D eigenvalue weighted by Gasteiger charge is 2.23. The molecule has 0 saturated heterocycles. The molecule has 384 valence electrons. The van der Waals surface area contributed by atoms with Gasteiger partial charge in [-0.1, -0.05) is 109 Å². The summed E-state index contributed by atoms with van der Waals surface area (Å²) in [5, 5.41) is 0. The summed E-state index contributed by atoms with van der Waals surface area (Å²) in [7, 11) is 0. The normalized spacial score (nSPS) is 12.4. The molecule has 1 aliphatic carbocycles. The Hall–Kier alpha value is -6.12. The molecule has 12 bridgehead atoms. The molecular formula is C60H78N6O6. The van der Waals surface area contributed by atoms with Crippen LogP contribution in [0.1, 0.15) is 105 Å². The van der Waals surface area contributed by atoms with E-state index in [1.807, 2.05) is 0 Å². The molecule has 0 aliphatic heterocycles. The third kappa shape index (κ3) is 14.5. The second-order valence-electron chi connectivity index (χ2n) is 18.4. The Balaban J connectivity index is 1.46. The van der Waals surface area contributed by atoms with Crippen molar-refractivity contribution in [1.29, 1.82) is 0 Å². The van der Waals surface area contributed by atoms with Gasteiger partial charge in [-0.05, 0) is 145 Å². The summed E-state index contributed by atoms with van der Waals surface area (Å²) in [6.45, 7) is 6.03. The summed E-state index contributed by atoms with van der Waals surface area (Å²) >= 11 is 0. The van der Waals surface area contributed by atoms with Gasteiger partial charge in [-0.25, -0.2) is 0 Å². The summed E-state index contributed by atoms with van der Waals surface area (Å²) in [5.41, 5.74) is 48.9. The van der Waals surface area contributed by atoms with E-state index in [4.69, 9.17) is 62.8 Å². The summed E-state index contributed by atoms with van der Waals surface area (Å²) in [6, 6.07) is 38.6. The Morgan fingerprint density at radius 2 is 0.347 bits per heavy atom. The first kappa shape index (κ1) is 53.7. The maximum atomic E-state index is 6.77. The second-order valence-corrected chi connectivity index (χ2v) is 18.4. The summed E-state index contributed by atoms with van der Waals surface area (Å²) in [6.07, 6.45) is 7.75. The van der Waals surface area contributed by atoms with E-state index in [2.05, 4.69) is 109 Å². The predicted molar refractivity (Wildman–Crippen MR) is 290 cm³/mol. The minimum absolute atomic E-state index is 0.484. The standard InChI is InChI=1S/C60H78N6O6/c61-25-7-31-67-55-43-13-1-14-44(55)38-46-16-3-18-48(57(46)69-33-9-27-63)40-50-20-5-22-52(59(50)71-35-11-29-65)42-54-24-6-23-53(60(54)72-36-12-30-66)41-51-21-4-19-49(58(51)70-34-10-28-64)39-47-17-2-15-45(37-43)56(47)68-32-8-26-62/h1-6,13-24H,7-12,25-42,61-66H2. The van der Waals surface area contributed by atoms with Crippen molar-refractivity contribution in [1.82, 2.24) is 0 Å². The molecule has 0 unspecified atom stereocenters. The van der Waals surface area contributed by atoms with Gasteiger partial charge in [0.1, 0.15) is 34.5 Å². The van der Waals surface area contributed by atoms with Crippen molar-refractivity contribution in [3.8, 4) is 34.5 Å². The number of hydrogen-bond donors (Lipinski definition) is 6. The zero-order valence-electron chi connectivity index (χ0n) is 42.3. The maximum Gasteiger partial charge on any atom is 0.126 e. The van der Waals surface area contributed by atoms with E-state index in [-0.39, 0.29) is 0 Å². The van der Waals surface area contributed by atoms with Gasteiger partial charge in [0.05, 0.1) is 39.6 Å². The van der Waals surface area contributed by atoms with Crippen molar-refractivity contribution in [3.63, 3.8) is 0 Å². The maximum absolute atomic E-state index is 6.77. The van der Waals surface area contributed by atoms with Gasteiger partial charge in [-0.3, -0.25) is 0 Å². The van der Waals surface area contributed by atoms with Crippen molar-refractivity contribution >= 4 is 0 Å². The lowest BCUT2D eigenvalue weighted by molar-refractivity contribution is 0.301. The first-order chi connectivity index (χ1) is 35.5. The monoisotopic (exact) mass is 979 g/mol. The molecule has 1 aliphatic rings. The molecular weight excluding hydrogens is 901 g/mol. The molecule has 0 radical (unpaired) electrons. The molecule has 0 fully saturated rings. The van der Waals surface area contributed by atoms with E-state index >= 15 is 0 Å². The van der Waals surface area contributed by atoms with Crippen LogP contribution in [0.15, 0.2) is 109 Å². The van der Waals surface area contributed by atoms with Gasteiger partial charge in [-0.2, -0.15) is 0 Å². The van der Waals surface area contributed by atoms with E-state index in [0.717, 1.165) is 140 Å². The first-order valence-electron chi connectivity index (χ1n) is 26.1. The summed E-state index contributed by atoms with van der Waals surface area (Å²) in [5.74, 6) is 5.07. The van der Waals surface area contributed by atoms with Crippen molar-refractivity contribution in [2.75, 3.05) is 78.9 Å².